The first kappa shape index (κ1) is 14.7. The predicted molar refractivity (Wildman–Crippen MR) is 71.9 cm³/mol. The Balaban J connectivity index is 2.85. The van der Waals surface area contributed by atoms with Crippen LogP contribution in [0.1, 0.15) is 31.4 Å². The Morgan fingerprint density at radius 1 is 1.33 bits per heavy atom. The van der Waals surface area contributed by atoms with Crippen molar-refractivity contribution in [1.82, 2.24) is 5.32 Å². The summed E-state index contributed by atoms with van der Waals surface area (Å²) < 4.78 is 5.59. The first-order valence-electron chi connectivity index (χ1n) is 5.68. The van der Waals surface area contributed by atoms with Crippen molar-refractivity contribution in [2.45, 2.75) is 25.8 Å². The maximum atomic E-state index is 11.5. The minimum absolute atomic E-state index is 0.0909. The highest BCUT2D eigenvalue weighted by molar-refractivity contribution is 9.10. The second-order valence-corrected chi connectivity index (χ2v) is 4.72. The number of rotatable bonds is 5. The van der Waals surface area contributed by atoms with E-state index in [0.29, 0.717) is 6.42 Å². The number of benzene rings is 1. The van der Waals surface area contributed by atoms with Crippen LogP contribution in [0.5, 0.6) is 0 Å². The monoisotopic (exact) mass is 313 g/mol. The molecular weight excluding hydrogens is 298 g/mol. The topological polar surface area (TPSA) is 55.4 Å². The van der Waals surface area contributed by atoms with Gasteiger partial charge in [0.25, 0.3) is 0 Å². The summed E-state index contributed by atoms with van der Waals surface area (Å²) in [6, 6.07) is 7.13. The maximum Gasteiger partial charge on any atom is 0.307 e. The van der Waals surface area contributed by atoms with Gasteiger partial charge >= 0.3 is 5.97 Å². The summed E-state index contributed by atoms with van der Waals surface area (Å²) in [5.41, 5.74) is 0.880. The molecule has 1 aromatic carbocycles. The fourth-order valence-electron chi connectivity index (χ4n) is 1.49. The molecule has 0 fully saturated rings. The highest BCUT2D eigenvalue weighted by Crippen LogP contribution is 2.20. The van der Waals surface area contributed by atoms with E-state index in [9.17, 15) is 9.59 Å². The van der Waals surface area contributed by atoms with Crippen molar-refractivity contribution in [3.8, 4) is 0 Å². The van der Waals surface area contributed by atoms with Crippen molar-refractivity contribution in [3.05, 3.63) is 34.3 Å². The quantitative estimate of drug-likeness (QED) is 0.850. The van der Waals surface area contributed by atoms with E-state index in [1.807, 2.05) is 24.3 Å². The lowest BCUT2D eigenvalue weighted by molar-refractivity contribution is -0.141. The van der Waals surface area contributed by atoms with Crippen molar-refractivity contribution in [2.75, 3.05) is 7.11 Å². The van der Waals surface area contributed by atoms with E-state index in [-0.39, 0.29) is 24.3 Å². The predicted octanol–water partition coefficient (Wildman–Crippen LogP) is 2.58. The smallest absolute Gasteiger partial charge is 0.307 e. The van der Waals surface area contributed by atoms with E-state index >= 15 is 0 Å². The molecule has 1 atom stereocenters. The lowest BCUT2D eigenvalue weighted by atomic mass is 10.0. The van der Waals surface area contributed by atoms with Crippen LogP contribution < -0.4 is 5.32 Å². The van der Waals surface area contributed by atoms with E-state index in [0.717, 1.165) is 10.0 Å². The average molecular weight is 314 g/mol. The van der Waals surface area contributed by atoms with Crippen LogP contribution in [0.25, 0.3) is 0 Å². The molecule has 1 unspecified atom stereocenters. The van der Waals surface area contributed by atoms with Gasteiger partial charge in [-0.3, -0.25) is 9.59 Å². The van der Waals surface area contributed by atoms with Gasteiger partial charge in [-0.1, -0.05) is 35.0 Å². The molecule has 0 bridgehead atoms. The molecule has 4 nitrogen and oxygen atoms in total. The molecule has 0 saturated carbocycles. The van der Waals surface area contributed by atoms with E-state index < -0.39 is 0 Å². The van der Waals surface area contributed by atoms with Gasteiger partial charge in [-0.25, -0.2) is 0 Å². The highest BCUT2D eigenvalue weighted by atomic mass is 79.9. The number of carbonyl (C=O) groups excluding carboxylic acids is 2. The summed E-state index contributed by atoms with van der Waals surface area (Å²) >= 11 is 3.34. The van der Waals surface area contributed by atoms with Crippen LogP contribution in [0.2, 0.25) is 0 Å². The van der Waals surface area contributed by atoms with Gasteiger partial charge in [-0.05, 0) is 17.7 Å². The highest BCUT2D eigenvalue weighted by Gasteiger charge is 2.18. The minimum atomic E-state index is -0.349. The van der Waals surface area contributed by atoms with Gasteiger partial charge in [0.05, 0.1) is 19.6 Å². The third-order valence-corrected chi connectivity index (χ3v) is 3.06. The number of carbonyl (C=O) groups is 2. The number of nitrogens with one attached hydrogen (secondary N) is 1. The van der Waals surface area contributed by atoms with Crippen LogP contribution in [-0.4, -0.2) is 19.0 Å². The summed E-state index contributed by atoms with van der Waals surface area (Å²) in [6.07, 6.45) is 0.512. The van der Waals surface area contributed by atoms with Crippen LogP contribution in [0.3, 0.4) is 0 Å². The summed E-state index contributed by atoms with van der Waals surface area (Å²) in [4.78, 5) is 22.8. The molecule has 0 saturated heterocycles. The lowest BCUT2D eigenvalue weighted by Gasteiger charge is -2.17. The molecule has 1 rings (SSSR count). The van der Waals surface area contributed by atoms with Crippen molar-refractivity contribution in [1.29, 1.82) is 0 Å². The normalized spacial score (nSPS) is 11.7. The van der Waals surface area contributed by atoms with Gasteiger partial charge in [-0.15, -0.1) is 0 Å². The van der Waals surface area contributed by atoms with Crippen LogP contribution >= 0.6 is 15.9 Å². The Labute approximate surface area is 115 Å². The van der Waals surface area contributed by atoms with Crippen molar-refractivity contribution < 1.29 is 14.3 Å². The number of amides is 1. The summed E-state index contributed by atoms with van der Waals surface area (Å²) in [5, 5.41) is 2.81. The largest absolute Gasteiger partial charge is 0.469 e. The molecule has 0 radical (unpaired) electrons. The molecule has 1 aromatic rings. The van der Waals surface area contributed by atoms with Crippen molar-refractivity contribution in [3.63, 3.8) is 0 Å². The lowest BCUT2D eigenvalue weighted by Crippen LogP contribution is -2.29. The Morgan fingerprint density at radius 2 is 1.94 bits per heavy atom. The molecule has 0 aliphatic rings. The zero-order chi connectivity index (χ0) is 13.5. The average Bonchev–Trinajstić information content (AvgIpc) is 2.38. The third-order valence-electron chi connectivity index (χ3n) is 2.53. The molecule has 1 amide bonds. The van der Waals surface area contributed by atoms with E-state index in [2.05, 4.69) is 26.0 Å². The number of esters is 1. The summed E-state index contributed by atoms with van der Waals surface area (Å²) in [7, 11) is 1.34. The van der Waals surface area contributed by atoms with Crippen LogP contribution in [0.4, 0.5) is 0 Å². The van der Waals surface area contributed by atoms with E-state index in [1.54, 1.807) is 6.92 Å². The van der Waals surface area contributed by atoms with Gasteiger partial charge < -0.3 is 10.1 Å². The molecule has 0 aliphatic heterocycles. The van der Waals surface area contributed by atoms with E-state index in [4.69, 9.17) is 0 Å². The molecular formula is C13H16BrNO3. The van der Waals surface area contributed by atoms with Crippen LogP contribution in [-0.2, 0) is 14.3 Å². The van der Waals surface area contributed by atoms with Crippen LogP contribution in [0.15, 0.2) is 28.7 Å². The number of methoxy groups -OCH3 is 1. The zero-order valence-corrected chi connectivity index (χ0v) is 12.0. The Bertz CT molecular complexity index is 399. The molecule has 18 heavy (non-hydrogen) atoms. The number of hydrogen-bond acceptors (Lipinski definition) is 3. The second-order valence-electron chi connectivity index (χ2n) is 3.81. The third kappa shape index (κ3) is 4.49. The van der Waals surface area contributed by atoms with Crippen molar-refractivity contribution in [2.24, 2.45) is 0 Å². The fraction of sp³-hybridized carbons (Fsp3) is 0.385. The Morgan fingerprint density at radius 3 is 2.44 bits per heavy atom. The van der Waals surface area contributed by atoms with Gasteiger partial charge in [0.1, 0.15) is 0 Å². The molecule has 98 valence electrons. The number of hydrogen-bond donors (Lipinski definition) is 1. The molecule has 0 aromatic heterocycles. The second kappa shape index (κ2) is 7.16. The molecule has 1 N–H and O–H groups in total. The van der Waals surface area contributed by atoms with Crippen molar-refractivity contribution >= 4 is 27.8 Å². The van der Waals surface area contributed by atoms with Gasteiger partial charge in [0, 0.05) is 10.9 Å². The molecule has 0 spiro atoms. The van der Waals surface area contributed by atoms with Gasteiger partial charge in [0.15, 0.2) is 0 Å². The molecule has 0 heterocycles. The first-order chi connectivity index (χ1) is 8.56. The maximum absolute atomic E-state index is 11.5. The zero-order valence-electron chi connectivity index (χ0n) is 10.4. The van der Waals surface area contributed by atoms with Gasteiger partial charge in [-0.2, -0.15) is 0 Å². The van der Waals surface area contributed by atoms with Gasteiger partial charge in [0.2, 0.25) is 5.91 Å². The minimum Gasteiger partial charge on any atom is -0.469 e. The molecule has 5 heteroatoms. The number of ether oxygens (including phenoxy) is 1. The Hall–Kier alpha value is -1.36. The first-order valence-corrected chi connectivity index (χ1v) is 6.47. The summed E-state index contributed by atoms with van der Waals surface area (Å²) in [6.45, 7) is 1.77. The SMILES string of the molecule is CCC(=O)NC(CC(=O)OC)c1ccc(Br)cc1. The number of halogens is 1. The standard InChI is InChI=1S/C13H16BrNO3/c1-3-12(16)15-11(8-13(17)18-2)9-4-6-10(14)7-5-9/h4-7,11H,3,8H2,1-2H3,(H,15,16). The molecule has 0 aliphatic carbocycles. The fourth-order valence-corrected chi connectivity index (χ4v) is 1.76. The van der Waals surface area contributed by atoms with E-state index in [1.165, 1.54) is 7.11 Å². The summed E-state index contributed by atoms with van der Waals surface area (Å²) in [5.74, 6) is -0.439. The Kier molecular flexibility index (Phi) is 5.85. The van der Waals surface area contributed by atoms with Crippen LogP contribution in [0, 0.1) is 0 Å².